The molecule has 2 aromatic rings. The highest BCUT2D eigenvalue weighted by molar-refractivity contribution is 7.33. The van der Waals surface area contributed by atoms with Gasteiger partial charge in [0.05, 0.1) is 26.4 Å². The van der Waals surface area contributed by atoms with E-state index in [0.717, 1.165) is 86.2 Å². The first-order valence-electron chi connectivity index (χ1n) is 19.4. The lowest BCUT2D eigenvalue weighted by atomic mass is 9.96. The van der Waals surface area contributed by atoms with Gasteiger partial charge >= 0.3 is 8.25 Å². The summed E-state index contributed by atoms with van der Waals surface area (Å²) in [4.78, 5) is 0. The van der Waals surface area contributed by atoms with Crippen molar-refractivity contribution in [1.29, 1.82) is 0 Å². The van der Waals surface area contributed by atoms with Crippen LogP contribution in [0.5, 0.6) is 11.5 Å². The first-order valence-corrected chi connectivity index (χ1v) is 20.6. The van der Waals surface area contributed by atoms with E-state index in [2.05, 4.69) is 93.5 Å². The van der Waals surface area contributed by atoms with Crippen molar-refractivity contribution in [3.05, 3.63) is 57.6 Å². The van der Waals surface area contributed by atoms with Crippen LogP contribution in [-0.4, -0.2) is 13.2 Å². The van der Waals surface area contributed by atoms with Crippen LogP contribution in [0.15, 0.2) is 24.3 Å². The molecule has 6 heteroatoms. The highest BCUT2D eigenvalue weighted by atomic mass is 31.1. The molecular weight excluding hydrogens is 615 g/mol. The van der Waals surface area contributed by atoms with Crippen LogP contribution in [0.4, 0.5) is 0 Å². The molecule has 5 nitrogen and oxygen atoms in total. The Bertz CT molecular complexity index is 1120. The fourth-order valence-corrected chi connectivity index (χ4v) is 7.36. The zero-order valence-electron chi connectivity index (χ0n) is 32.5. The van der Waals surface area contributed by atoms with Crippen molar-refractivity contribution in [3.63, 3.8) is 0 Å². The van der Waals surface area contributed by atoms with Gasteiger partial charge in [-0.3, -0.25) is 4.57 Å². The minimum Gasteiger partial charge on any atom is -0.493 e. The lowest BCUT2D eigenvalue weighted by Crippen LogP contribution is -2.08. The van der Waals surface area contributed by atoms with Crippen molar-refractivity contribution in [2.45, 2.75) is 160 Å². The molecule has 2 atom stereocenters. The van der Waals surface area contributed by atoms with Gasteiger partial charge in [-0.1, -0.05) is 120 Å². The molecule has 2 aromatic carbocycles. The van der Waals surface area contributed by atoms with E-state index in [1.165, 1.54) is 60.8 Å². The standard InChI is InChI=1S/C42H71O5P/c1-11-37-35(21-23-41(39(37)13-3)44-27-25-33(9)19-15-17-31(5)6)29-46-48(43)47-30-36-22-24-42(40(14-4)38(36)12-2)45-28-26-34(10)20-16-18-32(7)8/h21-24,31-34,48H,11-20,25-30H2,1-10H3. The molecule has 274 valence electrons. The second kappa shape index (κ2) is 23.6. The van der Waals surface area contributed by atoms with Crippen LogP contribution in [-0.2, 0) is 52.5 Å². The topological polar surface area (TPSA) is 54.0 Å². The van der Waals surface area contributed by atoms with Gasteiger partial charge in [0.15, 0.2) is 0 Å². The molecule has 0 aliphatic carbocycles. The predicted molar refractivity (Wildman–Crippen MR) is 205 cm³/mol. The average molecular weight is 687 g/mol. The van der Waals surface area contributed by atoms with Crippen molar-refractivity contribution in [2.75, 3.05) is 13.2 Å². The quantitative estimate of drug-likeness (QED) is 0.0922. The molecule has 48 heavy (non-hydrogen) atoms. The summed E-state index contributed by atoms with van der Waals surface area (Å²) < 4.78 is 37.2. The van der Waals surface area contributed by atoms with Crippen LogP contribution < -0.4 is 9.47 Å². The molecule has 2 unspecified atom stereocenters. The zero-order chi connectivity index (χ0) is 35.5. The van der Waals surface area contributed by atoms with Gasteiger partial charge in [0.25, 0.3) is 0 Å². The molecule has 2 rings (SSSR count). The maximum absolute atomic E-state index is 13.0. The number of hydrogen-bond donors (Lipinski definition) is 0. The largest absolute Gasteiger partial charge is 0.493 e. The van der Waals surface area contributed by atoms with Gasteiger partial charge in [-0.05, 0) is 108 Å². The van der Waals surface area contributed by atoms with Gasteiger partial charge in [-0.25, -0.2) is 0 Å². The number of rotatable bonds is 26. The summed E-state index contributed by atoms with van der Waals surface area (Å²) in [6, 6.07) is 8.27. The molecule has 0 radical (unpaired) electrons. The third-order valence-electron chi connectivity index (χ3n) is 9.77. The second-order valence-corrected chi connectivity index (χ2v) is 15.8. The number of hydrogen-bond acceptors (Lipinski definition) is 5. The van der Waals surface area contributed by atoms with Crippen LogP contribution >= 0.6 is 8.25 Å². The van der Waals surface area contributed by atoms with E-state index < -0.39 is 8.25 Å². The Morgan fingerprint density at radius 2 is 0.896 bits per heavy atom. The van der Waals surface area contributed by atoms with Gasteiger partial charge in [0.1, 0.15) is 11.5 Å². The third-order valence-corrected chi connectivity index (χ3v) is 10.5. The summed E-state index contributed by atoms with van der Waals surface area (Å²) in [6.45, 7) is 24.5. The second-order valence-electron chi connectivity index (χ2n) is 14.7. The Balaban J connectivity index is 1.93. The fraction of sp³-hybridized carbons (Fsp3) is 0.714. The monoisotopic (exact) mass is 687 g/mol. The minimum absolute atomic E-state index is 0.269. The normalized spacial score (nSPS) is 13.7. The van der Waals surface area contributed by atoms with Gasteiger partial charge < -0.3 is 18.5 Å². The van der Waals surface area contributed by atoms with Gasteiger partial charge in [-0.15, -0.1) is 0 Å². The Kier molecular flexibility index (Phi) is 20.8. The van der Waals surface area contributed by atoms with E-state index in [4.69, 9.17) is 18.5 Å². The molecule has 0 aliphatic rings. The Morgan fingerprint density at radius 3 is 1.23 bits per heavy atom. The molecule has 0 aliphatic heterocycles. The third kappa shape index (κ3) is 15.0. The van der Waals surface area contributed by atoms with E-state index in [0.29, 0.717) is 11.8 Å². The summed E-state index contributed by atoms with van der Waals surface area (Å²) in [5.74, 6) is 4.82. The number of benzene rings is 2. The van der Waals surface area contributed by atoms with Crippen LogP contribution in [0, 0.1) is 23.7 Å². The van der Waals surface area contributed by atoms with Crippen LogP contribution in [0.1, 0.15) is 154 Å². The summed E-state index contributed by atoms with van der Waals surface area (Å²) in [7, 11) is -2.68. The van der Waals surface area contributed by atoms with Crippen molar-refractivity contribution < 1.29 is 23.1 Å². The Hall–Kier alpha value is -1.81. The van der Waals surface area contributed by atoms with Gasteiger partial charge in [0.2, 0.25) is 0 Å². The molecule has 0 saturated heterocycles. The first-order chi connectivity index (χ1) is 23.0. The molecule has 0 N–H and O–H groups in total. The first kappa shape index (κ1) is 42.4. The van der Waals surface area contributed by atoms with Crippen molar-refractivity contribution in [3.8, 4) is 11.5 Å². The SMILES string of the molecule is CCc1c(CO[PH](=O)OCc2ccc(OCCC(C)CCCC(C)C)c(CC)c2CC)ccc(OCCC(C)CCCC(C)C)c1CC. The van der Waals surface area contributed by atoms with E-state index in [1.807, 2.05) is 0 Å². The van der Waals surface area contributed by atoms with Crippen molar-refractivity contribution >= 4 is 8.25 Å². The molecule has 0 saturated carbocycles. The highest BCUT2D eigenvalue weighted by Gasteiger charge is 2.16. The summed E-state index contributed by atoms with van der Waals surface area (Å²) in [5.41, 5.74) is 7.05. The predicted octanol–water partition coefficient (Wildman–Crippen LogP) is 12.5. The molecule has 0 fully saturated rings. The lowest BCUT2D eigenvalue weighted by Gasteiger charge is -2.20. The molecule has 0 amide bonds. The molecular formula is C42H71O5P. The van der Waals surface area contributed by atoms with E-state index in [1.54, 1.807) is 0 Å². The molecule has 0 bridgehead atoms. The van der Waals surface area contributed by atoms with Crippen LogP contribution in [0.3, 0.4) is 0 Å². The van der Waals surface area contributed by atoms with E-state index in [9.17, 15) is 4.57 Å². The fourth-order valence-electron chi connectivity index (χ4n) is 6.73. The Morgan fingerprint density at radius 1 is 0.521 bits per heavy atom. The summed E-state index contributed by atoms with van der Waals surface area (Å²) >= 11 is 0. The summed E-state index contributed by atoms with van der Waals surface area (Å²) in [5, 5.41) is 0. The average Bonchev–Trinajstić information content (AvgIpc) is 3.05. The Labute approximate surface area is 296 Å². The minimum atomic E-state index is -2.68. The summed E-state index contributed by atoms with van der Waals surface area (Å²) in [6.07, 6.45) is 13.4. The number of ether oxygens (including phenoxy) is 2. The van der Waals surface area contributed by atoms with Crippen LogP contribution in [0.2, 0.25) is 0 Å². The molecule has 0 heterocycles. The van der Waals surface area contributed by atoms with E-state index in [-0.39, 0.29) is 13.2 Å². The van der Waals surface area contributed by atoms with Gasteiger partial charge in [0, 0.05) is 0 Å². The lowest BCUT2D eigenvalue weighted by molar-refractivity contribution is 0.211. The maximum atomic E-state index is 13.0. The zero-order valence-corrected chi connectivity index (χ0v) is 33.5. The van der Waals surface area contributed by atoms with E-state index >= 15 is 0 Å². The highest BCUT2D eigenvalue weighted by Crippen LogP contribution is 2.34. The van der Waals surface area contributed by atoms with Gasteiger partial charge in [-0.2, -0.15) is 0 Å². The maximum Gasteiger partial charge on any atom is 0.319 e. The van der Waals surface area contributed by atoms with Crippen LogP contribution in [0.25, 0.3) is 0 Å². The van der Waals surface area contributed by atoms with Crippen molar-refractivity contribution in [2.24, 2.45) is 23.7 Å². The smallest absolute Gasteiger partial charge is 0.319 e. The molecule has 0 spiro atoms. The van der Waals surface area contributed by atoms with Crippen molar-refractivity contribution in [1.82, 2.24) is 0 Å². The molecule has 0 aromatic heterocycles.